The summed E-state index contributed by atoms with van der Waals surface area (Å²) in [5.74, 6) is 0.844. The predicted octanol–water partition coefficient (Wildman–Crippen LogP) is 4.07. The van der Waals surface area contributed by atoms with Crippen LogP contribution in [0.4, 0.5) is 5.69 Å². The Hall–Kier alpha value is -2.33. The molecule has 100 valence electrons. The molecule has 0 unspecified atom stereocenters. The number of ether oxygens (including phenoxy) is 1. The third kappa shape index (κ3) is 2.38. The third-order valence-electron chi connectivity index (χ3n) is 3.08. The molecule has 0 saturated heterocycles. The topological polar surface area (TPSA) is 48.1 Å². The fraction of sp³-hybridized carbons (Fsp3) is 0.0625. The predicted molar refractivity (Wildman–Crippen MR) is 84.0 cm³/mol. The summed E-state index contributed by atoms with van der Waals surface area (Å²) in [5.41, 5.74) is 9.75. The van der Waals surface area contributed by atoms with Crippen molar-refractivity contribution in [2.24, 2.45) is 0 Å². The summed E-state index contributed by atoms with van der Waals surface area (Å²) < 4.78 is 5.16. The van der Waals surface area contributed by atoms with E-state index in [2.05, 4.69) is 4.98 Å². The summed E-state index contributed by atoms with van der Waals surface area (Å²) in [6.07, 6.45) is 0. The molecule has 4 heteroatoms. The summed E-state index contributed by atoms with van der Waals surface area (Å²) >= 11 is 1.60. The number of anilines is 1. The molecule has 0 bridgehead atoms. The summed E-state index contributed by atoms with van der Waals surface area (Å²) in [5, 5.41) is 2.98. The Bertz CT molecular complexity index is 719. The van der Waals surface area contributed by atoms with Crippen molar-refractivity contribution in [1.82, 2.24) is 4.98 Å². The van der Waals surface area contributed by atoms with Crippen molar-refractivity contribution in [1.29, 1.82) is 0 Å². The lowest BCUT2D eigenvalue weighted by Gasteiger charge is -2.01. The van der Waals surface area contributed by atoms with Gasteiger partial charge < -0.3 is 10.5 Å². The average molecular weight is 282 g/mol. The normalized spacial score (nSPS) is 10.4. The van der Waals surface area contributed by atoms with Crippen molar-refractivity contribution in [2.45, 2.75) is 0 Å². The van der Waals surface area contributed by atoms with Crippen LogP contribution in [0, 0.1) is 0 Å². The molecular formula is C16H14N2OS. The molecule has 0 aliphatic heterocycles. The SMILES string of the molecule is COc1ccc(-c2csc(-c3ccccc3N)n2)cc1. The molecule has 3 nitrogen and oxygen atoms in total. The smallest absolute Gasteiger partial charge is 0.126 e. The minimum absolute atomic E-state index is 0.753. The molecule has 2 N–H and O–H groups in total. The molecule has 0 fully saturated rings. The molecule has 20 heavy (non-hydrogen) atoms. The first kappa shape index (κ1) is 12.7. The number of thiazole rings is 1. The van der Waals surface area contributed by atoms with E-state index in [-0.39, 0.29) is 0 Å². The first-order valence-corrected chi connectivity index (χ1v) is 7.11. The highest BCUT2D eigenvalue weighted by molar-refractivity contribution is 7.13. The Morgan fingerprint density at radius 2 is 1.80 bits per heavy atom. The maximum Gasteiger partial charge on any atom is 0.126 e. The highest BCUT2D eigenvalue weighted by Crippen LogP contribution is 2.32. The first-order chi connectivity index (χ1) is 9.78. The number of nitrogens with two attached hydrogens (primary N) is 1. The summed E-state index contributed by atoms with van der Waals surface area (Å²) in [4.78, 5) is 4.66. The van der Waals surface area contributed by atoms with Crippen LogP contribution in [0.1, 0.15) is 0 Å². The van der Waals surface area contributed by atoms with Gasteiger partial charge in [-0.1, -0.05) is 12.1 Å². The number of hydrogen-bond donors (Lipinski definition) is 1. The Morgan fingerprint density at radius 1 is 1.05 bits per heavy atom. The van der Waals surface area contributed by atoms with Crippen molar-refractivity contribution in [3.8, 4) is 27.6 Å². The van der Waals surface area contributed by atoms with E-state index in [4.69, 9.17) is 10.5 Å². The van der Waals surface area contributed by atoms with E-state index < -0.39 is 0 Å². The van der Waals surface area contributed by atoms with Crippen LogP contribution in [0.3, 0.4) is 0 Å². The maximum absolute atomic E-state index is 5.99. The molecule has 3 aromatic rings. The van der Waals surface area contributed by atoms with Gasteiger partial charge in [0.2, 0.25) is 0 Å². The van der Waals surface area contributed by atoms with Crippen molar-refractivity contribution >= 4 is 17.0 Å². The van der Waals surface area contributed by atoms with Gasteiger partial charge in [0.15, 0.2) is 0 Å². The lowest BCUT2D eigenvalue weighted by Crippen LogP contribution is -1.88. The van der Waals surface area contributed by atoms with Crippen molar-refractivity contribution in [3.63, 3.8) is 0 Å². The van der Waals surface area contributed by atoms with Crippen LogP contribution >= 0.6 is 11.3 Å². The molecule has 0 saturated carbocycles. The van der Waals surface area contributed by atoms with Gasteiger partial charge >= 0.3 is 0 Å². The van der Waals surface area contributed by atoms with Gasteiger partial charge in [0, 0.05) is 22.2 Å². The van der Waals surface area contributed by atoms with E-state index in [1.807, 2.05) is 53.9 Å². The second-order valence-corrected chi connectivity index (χ2v) is 5.21. The van der Waals surface area contributed by atoms with Gasteiger partial charge in [0.25, 0.3) is 0 Å². The molecular weight excluding hydrogens is 268 g/mol. The standard InChI is InChI=1S/C16H14N2OS/c1-19-12-8-6-11(7-9-12)15-10-20-16(18-15)13-4-2-3-5-14(13)17/h2-10H,17H2,1H3. The zero-order valence-electron chi connectivity index (χ0n) is 11.0. The van der Waals surface area contributed by atoms with Crippen LogP contribution in [-0.2, 0) is 0 Å². The van der Waals surface area contributed by atoms with Gasteiger partial charge in [-0.2, -0.15) is 0 Å². The van der Waals surface area contributed by atoms with E-state index in [0.29, 0.717) is 0 Å². The average Bonchev–Trinajstić information content (AvgIpc) is 2.97. The molecule has 2 aromatic carbocycles. The largest absolute Gasteiger partial charge is 0.497 e. The number of benzene rings is 2. The molecule has 0 aliphatic carbocycles. The van der Waals surface area contributed by atoms with E-state index in [1.54, 1.807) is 18.4 Å². The van der Waals surface area contributed by atoms with Gasteiger partial charge in [-0.05, 0) is 36.4 Å². The zero-order valence-corrected chi connectivity index (χ0v) is 11.9. The van der Waals surface area contributed by atoms with E-state index in [9.17, 15) is 0 Å². The van der Waals surface area contributed by atoms with Crippen LogP contribution in [0.25, 0.3) is 21.8 Å². The number of nitrogens with zero attached hydrogens (tertiary/aromatic N) is 1. The number of para-hydroxylation sites is 1. The number of nitrogen functional groups attached to an aromatic ring is 1. The van der Waals surface area contributed by atoms with Gasteiger partial charge in [0.05, 0.1) is 12.8 Å². The molecule has 3 rings (SSSR count). The van der Waals surface area contributed by atoms with Crippen LogP contribution < -0.4 is 10.5 Å². The zero-order chi connectivity index (χ0) is 13.9. The number of rotatable bonds is 3. The van der Waals surface area contributed by atoms with E-state index in [0.717, 1.165) is 33.3 Å². The minimum Gasteiger partial charge on any atom is -0.497 e. The molecule has 1 heterocycles. The number of aromatic nitrogens is 1. The monoisotopic (exact) mass is 282 g/mol. The second-order valence-electron chi connectivity index (χ2n) is 4.35. The Balaban J connectivity index is 1.95. The van der Waals surface area contributed by atoms with Crippen LogP contribution in [-0.4, -0.2) is 12.1 Å². The molecule has 0 radical (unpaired) electrons. The Morgan fingerprint density at radius 3 is 2.50 bits per heavy atom. The maximum atomic E-state index is 5.99. The van der Waals surface area contributed by atoms with Gasteiger partial charge in [-0.25, -0.2) is 4.98 Å². The van der Waals surface area contributed by atoms with Crippen molar-refractivity contribution in [2.75, 3.05) is 12.8 Å². The molecule has 0 spiro atoms. The minimum atomic E-state index is 0.753. The van der Waals surface area contributed by atoms with Crippen molar-refractivity contribution in [3.05, 3.63) is 53.9 Å². The molecule has 0 amide bonds. The second kappa shape index (κ2) is 5.35. The first-order valence-electron chi connectivity index (χ1n) is 6.23. The number of hydrogen-bond acceptors (Lipinski definition) is 4. The lowest BCUT2D eigenvalue weighted by molar-refractivity contribution is 0.415. The van der Waals surface area contributed by atoms with Gasteiger partial charge in [-0.15, -0.1) is 11.3 Å². The quantitative estimate of drug-likeness (QED) is 0.737. The summed E-state index contributed by atoms with van der Waals surface area (Å²) in [6.45, 7) is 0. The molecule has 1 aromatic heterocycles. The third-order valence-corrected chi connectivity index (χ3v) is 3.96. The Kier molecular flexibility index (Phi) is 3.39. The van der Waals surface area contributed by atoms with Gasteiger partial charge in [0.1, 0.15) is 10.8 Å². The summed E-state index contributed by atoms with van der Waals surface area (Å²) in [6, 6.07) is 15.7. The van der Waals surface area contributed by atoms with E-state index in [1.165, 1.54) is 0 Å². The van der Waals surface area contributed by atoms with Crippen LogP contribution in [0.2, 0.25) is 0 Å². The van der Waals surface area contributed by atoms with Crippen LogP contribution in [0.15, 0.2) is 53.9 Å². The number of methoxy groups -OCH3 is 1. The lowest BCUT2D eigenvalue weighted by atomic mass is 10.1. The van der Waals surface area contributed by atoms with E-state index >= 15 is 0 Å². The highest BCUT2D eigenvalue weighted by atomic mass is 32.1. The van der Waals surface area contributed by atoms with Gasteiger partial charge in [-0.3, -0.25) is 0 Å². The molecule has 0 aliphatic rings. The van der Waals surface area contributed by atoms with Crippen LogP contribution in [0.5, 0.6) is 5.75 Å². The van der Waals surface area contributed by atoms with Crippen molar-refractivity contribution < 1.29 is 4.74 Å². The molecule has 0 atom stereocenters. The summed E-state index contributed by atoms with van der Waals surface area (Å²) in [7, 11) is 1.66. The fourth-order valence-electron chi connectivity index (χ4n) is 1.98. The fourth-order valence-corrected chi connectivity index (χ4v) is 2.86. The highest BCUT2D eigenvalue weighted by Gasteiger charge is 2.08. The Labute approximate surface area is 121 Å².